The lowest BCUT2D eigenvalue weighted by molar-refractivity contribution is -0.143. The fourth-order valence-corrected chi connectivity index (χ4v) is 3.32. The van der Waals surface area contributed by atoms with Crippen LogP contribution in [0.4, 0.5) is 30.7 Å². The standard InChI is InChI=1S/C21H15F7O3/c1-29-15-5-4-13(17-18(15)16(30-2)9-14(22)19(17)31-3)10-6-11(20(23,24)25)8-12(7-10)21(26,27)28/h4-9H,1-3H3. The predicted octanol–water partition coefficient (Wildman–Crippen LogP) is 6.71. The lowest BCUT2D eigenvalue weighted by atomic mass is 9.93. The maximum Gasteiger partial charge on any atom is 0.416 e. The zero-order valence-electron chi connectivity index (χ0n) is 16.3. The van der Waals surface area contributed by atoms with E-state index in [4.69, 9.17) is 14.2 Å². The molecule has 0 saturated heterocycles. The van der Waals surface area contributed by atoms with Crippen LogP contribution in [0.3, 0.4) is 0 Å². The zero-order chi connectivity index (χ0) is 23.1. The smallest absolute Gasteiger partial charge is 0.416 e. The molecule has 0 fully saturated rings. The molecule has 0 aromatic heterocycles. The van der Waals surface area contributed by atoms with Crippen LogP contribution in [-0.2, 0) is 12.4 Å². The number of benzene rings is 3. The number of rotatable bonds is 4. The molecule has 0 spiro atoms. The van der Waals surface area contributed by atoms with Crippen molar-refractivity contribution >= 4 is 10.8 Å². The summed E-state index contributed by atoms with van der Waals surface area (Å²) >= 11 is 0. The highest BCUT2D eigenvalue weighted by Crippen LogP contribution is 2.47. The van der Waals surface area contributed by atoms with Gasteiger partial charge in [0.15, 0.2) is 11.6 Å². The minimum absolute atomic E-state index is 0.0214. The summed E-state index contributed by atoms with van der Waals surface area (Å²) in [6.07, 6.45) is -10.1. The highest BCUT2D eigenvalue weighted by Gasteiger charge is 2.37. The first-order valence-corrected chi connectivity index (χ1v) is 8.63. The van der Waals surface area contributed by atoms with E-state index in [2.05, 4.69) is 0 Å². The number of fused-ring (bicyclic) bond motifs is 1. The molecule has 0 unspecified atom stereocenters. The molecule has 0 saturated carbocycles. The molecule has 3 nitrogen and oxygen atoms in total. The Balaban J connectivity index is 2.50. The fraction of sp³-hybridized carbons (Fsp3) is 0.238. The van der Waals surface area contributed by atoms with Crippen molar-refractivity contribution in [2.45, 2.75) is 12.4 Å². The summed E-state index contributed by atoms with van der Waals surface area (Å²) in [6, 6.07) is 4.71. The molecule has 31 heavy (non-hydrogen) atoms. The number of alkyl halides is 6. The molecule has 0 amide bonds. The Morgan fingerprint density at radius 2 is 1.19 bits per heavy atom. The van der Waals surface area contributed by atoms with Crippen molar-refractivity contribution in [2.24, 2.45) is 0 Å². The molecule has 3 rings (SSSR count). The minimum atomic E-state index is -5.04. The zero-order valence-corrected chi connectivity index (χ0v) is 16.3. The summed E-state index contributed by atoms with van der Waals surface area (Å²) in [4.78, 5) is 0. The van der Waals surface area contributed by atoms with Crippen LogP contribution in [-0.4, -0.2) is 21.3 Å². The fourth-order valence-electron chi connectivity index (χ4n) is 3.32. The molecule has 0 aliphatic heterocycles. The second kappa shape index (κ2) is 7.82. The van der Waals surface area contributed by atoms with E-state index in [-0.39, 0.29) is 39.7 Å². The lowest BCUT2D eigenvalue weighted by Crippen LogP contribution is -2.11. The van der Waals surface area contributed by atoms with Gasteiger partial charge in [-0.2, -0.15) is 26.3 Å². The van der Waals surface area contributed by atoms with Gasteiger partial charge in [0.25, 0.3) is 0 Å². The molecule has 0 aliphatic rings. The third-order valence-corrected chi connectivity index (χ3v) is 4.66. The lowest BCUT2D eigenvalue weighted by Gasteiger charge is -2.19. The molecule has 166 valence electrons. The second-order valence-corrected chi connectivity index (χ2v) is 6.45. The number of methoxy groups -OCH3 is 3. The van der Waals surface area contributed by atoms with E-state index in [1.165, 1.54) is 26.4 Å². The van der Waals surface area contributed by atoms with Crippen molar-refractivity contribution in [1.82, 2.24) is 0 Å². The summed E-state index contributed by atoms with van der Waals surface area (Å²) in [6.45, 7) is 0. The first-order chi connectivity index (χ1) is 14.4. The van der Waals surface area contributed by atoms with E-state index in [1.807, 2.05) is 0 Å². The van der Waals surface area contributed by atoms with Gasteiger partial charge in [-0.15, -0.1) is 0 Å². The first kappa shape index (κ1) is 22.5. The average Bonchev–Trinajstić information content (AvgIpc) is 2.70. The molecule has 0 aliphatic carbocycles. The van der Waals surface area contributed by atoms with Crippen LogP contribution >= 0.6 is 0 Å². The van der Waals surface area contributed by atoms with E-state index < -0.39 is 34.9 Å². The van der Waals surface area contributed by atoms with Gasteiger partial charge in [-0.05, 0) is 41.5 Å². The summed E-state index contributed by atoms with van der Waals surface area (Å²) in [5.74, 6) is -1.16. The molecule has 0 N–H and O–H groups in total. The average molecular weight is 448 g/mol. The molecule has 0 heterocycles. The summed E-state index contributed by atoms with van der Waals surface area (Å²) in [5, 5.41) is 0.0397. The number of halogens is 7. The van der Waals surface area contributed by atoms with Gasteiger partial charge < -0.3 is 14.2 Å². The quantitative estimate of drug-likeness (QED) is 0.416. The van der Waals surface area contributed by atoms with Crippen LogP contribution in [0.1, 0.15) is 11.1 Å². The normalized spacial score (nSPS) is 12.2. The Hall–Kier alpha value is -3.17. The van der Waals surface area contributed by atoms with E-state index >= 15 is 0 Å². The highest BCUT2D eigenvalue weighted by atomic mass is 19.4. The number of hydrogen-bond acceptors (Lipinski definition) is 3. The molecule has 10 heteroatoms. The van der Waals surface area contributed by atoms with E-state index in [1.54, 1.807) is 0 Å². The third-order valence-electron chi connectivity index (χ3n) is 4.66. The van der Waals surface area contributed by atoms with Crippen molar-refractivity contribution in [3.8, 4) is 28.4 Å². The van der Waals surface area contributed by atoms with Gasteiger partial charge in [-0.25, -0.2) is 4.39 Å². The van der Waals surface area contributed by atoms with Crippen molar-refractivity contribution in [1.29, 1.82) is 0 Å². The monoisotopic (exact) mass is 448 g/mol. The predicted molar refractivity (Wildman–Crippen MR) is 99.0 cm³/mol. The minimum Gasteiger partial charge on any atom is -0.496 e. The van der Waals surface area contributed by atoms with Crippen LogP contribution in [0.15, 0.2) is 36.4 Å². The molecule has 0 radical (unpaired) electrons. The number of ether oxygens (including phenoxy) is 3. The molecule has 3 aromatic carbocycles. The summed E-state index contributed by atoms with van der Waals surface area (Å²) < 4.78 is 110. The van der Waals surface area contributed by atoms with Gasteiger partial charge in [0.1, 0.15) is 11.5 Å². The summed E-state index contributed by atoms with van der Waals surface area (Å²) in [7, 11) is 3.66. The van der Waals surface area contributed by atoms with Crippen LogP contribution < -0.4 is 14.2 Å². The van der Waals surface area contributed by atoms with Gasteiger partial charge in [-0.3, -0.25) is 0 Å². The second-order valence-electron chi connectivity index (χ2n) is 6.45. The highest BCUT2D eigenvalue weighted by molar-refractivity contribution is 6.07. The van der Waals surface area contributed by atoms with Gasteiger partial charge in [0.2, 0.25) is 0 Å². The van der Waals surface area contributed by atoms with Crippen LogP contribution in [0, 0.1) is 5.82 Å². The third kappa shape index (κ3) is 4.06. The molecule has 0 bridgehead atoms. The molecule has 3 aromatic rings. The van der Waals surface area contributed by atoms with Crippen molar-refractivity contribution in [3.63, 3.8) is 0 Å². The van der Waals surface area contributed by atoms with Crippen LogP contribution in [0.5, 0.6) is 17.2 Å². The van der Waals surface area contributed by atoms with E-state index in [0.29, 0.717) is 12.1 Å². The Morgan fingerprint density at radius 3 is 1.65 bits per heavy atom. The summed E-state index contributed by atoms with van der Waals surface area (Å²) in [5.41, 5.74) is -3.55. The molecular weight excluding hydrogens is 433 g/mol. The maximum atomic E-state index is 14.6. The molecular formula is C21H15F7O3. The van der Waals surface area contributed by atoms with E-state index in [0.717, 1.165) is 13.2 Å². The Bertz CT molecular complexity index is 1100. The SMILES string of the molecule is COc1ccc(-c2cc(C(F)(F)F)cc(C(F)(F)F)c2)c2c(OC)c(F)cc(OC)c12. The van der Waals surface area contributed by atoms with Crippen LogP contribution in [0.25, 0.3) is 21.9 Å². The number of hydrogen-bond donors (Lipinski definition) is 0. The maximum absolute atomic E-state index is 14.6. The Labute approximate surface area is 171 Å². The van der Waals surface area contributed by atoms with Crippen molar-refractivity contribution in [2.75, 3.05) is 21.3 Å². The van der Waals surface area contributed by atoms with Gasteiger partial charge in [0.05, 0.1) is 37.8 Å². The van der Waals surface area contributed by atoms with Gasteiger partial charge in [0, 0.05) is 11.5 Å². The first-order valence-electron chi connectivity index (χ1n) is 8.63. The van der Waals surface area contributed by atoms with Gasteiger partial charge in [-0.1, -0.05) is 0 Å². The van der Waals surface area contributed by atoms with Crippen molar-refractivity contribution < 1.29 is 44.9 Å². The Kier molecular flexibility index (Phi) is 5.68. The molecule has 0 atom stereocenters. The Morgan fingerprint density at radius 1 is 0.645 bits per heavy atom. The van der Waals surface area contributed by atoms with E-state index in [9.17, 15) is 30.7 Å². The van der Waals surface area contributed by atoms with Crippen molar-refractivity contribution in [3.05, 3.63) is 53.3 Å². The van der Waals surface area contributed by atoms with Gasteiger partial charge >= 0.3 is 12.4 Å². The largest absolute Gasteiger partial charge is 0.496 e. The topological polar surface area (TPSA) is 27.7 Å². The van der Waals surface area contributed by atoms with Crippen LogP contribution in [0.2, 0.25) is 0 Å².